The van der Waals surface area contributed by atoms with Crippen molar-refractivity contribution < 1.29 is 90.8 Å². The summed E-state index contributed by atoms with van der Waals surface area (Å²) in [4.78, 5) is 101. The number of hydrogen-bond acceptors (Lipinski definition) is 19. The highest BCUT2D eigenvalue weighted by atomic mass is 16.6. The van der Waals surface area contributed by atoms with Crippen molar-refractivity contribution in [2.24, 2.45) is 5.92 Å². The molecule has 0 spiro atoms. The summed E-state index contributed by atoms with van der Waals surface area (Å²) in [6.45, 7) is 11.0. The number of ether oxygens (including phenoxy) is 10. The van der Waals surface area contributed by atoms with Gasteiger partial charge in [-0.2, -0.15) is 0 Å². The van der Waals surface area contributed by atoms with Crippen molar-refractivity contribution in [2.75, 3.05) is 150 Å². The molecule has 1 heterocycles. The molecule has 6 N–H and O–H groups in total. The van der Waals surface area contributed by atoms with E-state index in [0.717, 1.165) is 17.1 Å². The van der Waals surface area contributed by atoms with Gasteiger partial charge in [-0.1, -0.05) is 26.0 Å². The second-order valence-corrected chi connectivity index (χ2v) is 16.1. The Balaban J connectivity index is 1.61. The molecule has 25 nitrogen and oxygen atoms in total. The predicted molar refractivity (Wildman–Crippen MR) is 259 cm³/mol. The van der Waals surface area contributed by atoms with E-state index in [-0.39, 0.29) is 65.4 Å². The molecule has 0 saturated carbocycles. The zero-order valence-corrected chi connectivity index (χ0v) is 42.3. The summed E-state index contributed by atoms with van der Waals surface area (Å²) < 4.78 is 53.7. The maximum atomic E-state index is 13.3. The largest absolute Gasteiger partial charge is 0.461 e. The zero-order valence-electron chi connectivity index (χ0n) is 42.3. The molecule has 73 heavy (non-hydrogen) atoms. The van der Waals surface area contributed by atoms with Gasteiger partial charge >= 0.3 is 5.97 Å². The SMILES string of the molecule is CC(=O)OCc1ccc(NC(=O)CNC(=O)[C@@H](NC(=O)CC[C@H](NC(=O)CCN2C(=O)C=CC2=O)C(=O)NCCOCCOCCOCCOCCOCCOCCOCCOCCOCCO)C(C)C)cc1. The fraction of sp³-hybridized carbons (Fsp3) is 0.667. The number of carbonyl (C=O) groups excluding carboxylic acids is 8. The van der Waals surface area contributed by atoms with Gasteiger partial charge in [0.25, 0.3) is 11.8 Å². The van der Waals surface area contributed by atoms with Crippen LogP contribution < -0.4 is 26.6 Å². The first-order valence-electron chi connectivity index (χ1n) is 24.3. The summed E-state index contributed by atoms with van der Waals surface area (Å²) in [7, 11) is 0. The second kappa shape index (κ2) is 40.9. The number of carbonyl (C=O) groups is 8. The van der Waals surface area contributed by atoms with Crippen molar-refractivity contribution in [2.45, 2.75) is 58.7 Å². The van der Waals surface area contributed by atoms with Crippen LogP contribution in [0.5, 0.6) is 0 Å². The van der Waals surface area contributed by atoms with Crippen molar-refractivity contribution >= 4 is 53.0 Å². The molecule has 0 unspecified atom stereocenters. The number of amides is 7. The monoisotopic (exact) mass is 1040 g/mol. The summed E-state index contributed by atoms with van der Waals surface area (Å²) in [6, 6.07) is 4.33. The van der Waals surface area contributed by atoms with Crippen LogP contribution in [0.3, 0.4) is 0 Å². The molecule has 1 aromatic rings. The van der Waals surface area contributed by atoms with Gasteiger partial charge in [0, 0.05) is 50.7 Å². The minimum atomic E-state index is -1.20. The third-order valence-electron chi connectivity index (χ3n) is 9.90. The van der Waals surface area contributed by atoms with Gasteiger partial charge in [-0.15, -0.1) is 0 Å². The van der Waals surface area contributed by atoms with Crippen molar-refractivity contribution in [3.8, 4) is 0 Å². The molecule has 0 bridgehead atoms. The number of nitrogens with one attached hydrogen (secondary N) is 5. The van der Waals surface area contributed by atoms with Gasteiger partial charge in [0.05, 0.1) is 132 Å². The molecule has 0 aromatic heterocycles. The Kier molecular flexibility index (Phi) is 35.7. The highest BCUT2D eigenvalue weighted by Gasteiger charge is 2.28. The number of anilines is 1. The molecule has 1 aliphatic rings. The molecule has 1 aromatic carbocycles. The van der Waals surface area contributed by atoms with Crippen LogP contribution in [0.1, 0.15) is 45.6 Å². The maximum Gasteiger partial charge on any atom is 0.302 e. The van der Waals surface area contributed by atoms with Gasteiger partial charge < -0.3 is 79.1 Å². The Morgan fingerprint density at radius 2 is 1.01 bits per heavy atom. The third kappa shape index (κ3) is 32.3. The van der Waals surface area contributed by atoms with Crippen LogP contribution in [0.2, 0.25) is 0 Å². The Morgan fingerprint density at radius 1 is 0.562 bits per heavy atom. The predicted octanol–water partition coefficient (Wildman–Crippen LogP) is -1.22. The molecule has 2 rings (SSSR count). The Bertz CT molecular complexity index is 1790. The smallest absolute Gasteiger partial charge is 0.302 e. The van der Waals surface area contributed by atoms with Crippen LogP contribution in [0.4, 0.5) is 5.69 Å². The lowest BCUT2D eigenvalue weighted by atomic mass is 10.0. The van der Waals surface area contributed by atoms with E-state index in [2.05, 4.69) is 26.6 Å². The topological polar surface area (TPSA) is 312 Å². The van der Waals surface area contributed by atoms with Crippen LogP contribution in [0, 0.1) is 5.92 Å². The van der Waals surface area contributed by atoms with Crippen LogP contribution in [-0.4, -0.2) is 215 Å². The second-order valence-electron chi connectivity index (χ2n) is 16.1. The number of imide groups is 1. The Morgan fingerprint density at radius 3 is 1.47 bits per heavy atom. The minimum Gasteiger partial charge on any atom is -0.461 e. The lowest BCUT2D eigenvalue weighted by molar-refractivity contribution is -0.142. The van der Waals surface area contributed by atoms with Crippen LogP contribution in [0.25, 0.3) is 0 Å². The average molecular weight is 1040 g/mol. The van der Waals surface area contributed by atoms with E-state index in [1.165, 1.54) is 6.92 Å². The van der Waals surface area contributed by atoms with Gasteiger partial charge in [0.15, 0.2) is 0 Å². The number of nitrogens with zero attached hydrogens (tertiary/aromatic N) is 1. The first-order valence-corrected chi connectivity index (χ1v) is 24.3. The summed E-state index contributed by atoms with van der Waals surface area (Å²) in [5, 5.41) is 21.7. The van der Waals surface area contributed by atoms with E-state index < -0.39 is 71.9 Å². The first-order chi connectivity index (χ1) is 35.3. The highest BCUT2D eigenvalue weighted by Crippen LogP contribution is 2.11. The highest BCUT2D eigenvalue weighted by molar-refractivity contribution is 6.13. The Hall–Kier alpha value is -5.48. The van der Waals surface area contributed by atoms with E-state index in [1.54, 1.807) is 38.1 Å². The van der Waals surface area contributed by atoms with Crippen molar-refractivity contribution in [3.05, 3.63) is 42.0 Å². The molecular weight excluding hydrogens is 965 g/mol. The fourth-order valence-electron chi connectivity index (χ4n) is 6.10. The van der Waals surface area contributed by atoms with E-state index in [9.17, 15) is 38.4 Å². The molecule has 0 fully saturated rings. The molecular formula is C48H76N6O19. The lowest BCUT2D eigenvalue weighted by Crippen LogP contribution is -2.52. The molecule has 1 aliphatic heterocycles. The summed E-state index contributed by atoms with van der Waals surface area (Å²) in [5.41, 5.74) is 1.17. The third-order valence-corrected chi connectivity index (χ3v) is 9.90. The van der Waals surface area contributed by atoms with Gasteiger partial charge in [-0.3, -0.25) is 43.3 Å². The summed E-state index contributed by atoms with van der Waals surface area (Å²) in [5.74, 6) is -4.95. The molecule has 412 valence electrons. The normalized spacial score (nSPS) is 13.0. The van der Waals surface area contributed by atoms with Crippen molar-refractivity contribution in [3.63, 3.8) is 0 Å². The zero-order chi connectivity index (χ0) is 53.3. The van der Waals surface area contributed by atoms with Crippen LogP contribution in [-0.2, 0) is 92.3 Å². The Labute approximate surface area is 426 Å². The van der Waals surface area contributed by atoms with Gasteiger partial charge in [-0.25, -0.2) is 0 Å². The molecule has 0 radical (unpaired) electrons. The minimum absolute atomic E-state index is 0.00596. The van der Waals surface area contributed by atoms with Crippen LogP contribution in [0.15, 0.2) is 36.4 Å². The number of aliphatic hydroxyl groups excluding tert-OH is 1. The number of rotatable bonds is 45. The number of benzene rings is 1. The molecule has 7 amide bonds. The summed E-state index contributed by atoms with van der Waals surface area (Å²) >= 11 is 0. The molecule has 0 saturated heterocycles. The number of aliphatic hydroxyl groups is 1. The van der Waals surface area contributed by atoms with Gasteiger partial charge in [0.2, 0.25) is 29.5 Å². The molecule has 2 atom stereocenters. The number of esters is 1. The van der Waals surface area contributed by atoms with Crippen molar-refractivity contribution in [1.82, 2.24) is 26.2 Å². The van der Waals surface area contributed by atoms with E-state index >= 15 is 0 Å². The van der Waals surface area contributed by atoms with E-state index in [0.29, 0.717) is 110 Å². The lowest BCUT2D eigenvalue weighted by Gasteiger charge is -2.23. The standard InChI is InChI=1S/C48H76N6O19/c1-36(2)46(48(63)50-34-43(59)51-39-6-4-38(5-7-39)35-73-37(3)56)53-41(57)9-8-40(52-42(58)12-14-54-44(60)10-11-45(54)61)47(62)49-13-16-64-18-20-66-22-24-68-26-28-70-30-32-72-33-31-71-29-27-69-25-23-67-21-19-65-17-15-55/h4-7,10-11,36,40,46,55H,8-9,12-35H2,1-3H3,(H,49,62)(H,50,63)(H,51,59)(H,52,58)(H,53,57)/t40-,46-/m0/s1. The maximum absolute atomic E-state index is 13.3. The van der Waals surface area contributed by atoms with E-state index in [1.807, 2.05) is 0 Å². The van der Waals surface area contributed by atoms with E-state index in [4.69, 9.17) is 52.5 Å². The average Bonchev–Trinajstić information content (AvgIpc) is 3.69. The number of hydrogen-bond donors (Lipinski definition) is 6. The first kappa shape index (κ1) is 63.6. The van der Waals surface area contributed by atoms with Crippen LogP contribution >= 0.6 is 0 Å². The van der Waals surface area contributed by atoms with Gasteiger partial charge in [-0.05, 0) is 30.0 Å². The van der Waals surface area contributed by atoms with Crippen molar-refractivity contribution in [1.29, 1.82) is 0 Å². The molecule has 25 heteroatoms. The summed E-state index contributed by atoms with van der Waals surface area (Å²) in [6.07, 6.45) is 1.44. The molecule has 0 aliphatic carbocycles. The fourth-order valence-corrected chi connectivity index (χ4v) is 6.10. The quantitative estimate of drug-likeness (QED) is 0.0253. The van der Waals surface area contributed by atoms with Gasteiger partial charge in [0.1, 0.15) is 18.7 Å².